The molecule has 4 nitrogen and oxygen atoms in total. The van der Waals surface area contributed by atoms with Crippen molar-refractivity contribution in [3.05, 3.63) is 0 Å². The lowest BCUT2D eigenvalue weighted by molar-refractivity contribution is 0.218. The quantitative estimate of drug-likeness (QED) is 0.774. The lowest BCUT2D eigenvalue weighted by Crippen LogP contribution is -2.42. The van der Waals surface area contributed by atoms with Crippen LogP contribution >= 0.6 is 0 Å². The standard InChI is InChI=1S/C13H26N2O2S/c1-13(2)7-5-12(6-8-13)15-18(16,17)10-9-14-11-3-4-11/h11-12,14-15H,3-10H2,1-2H3. The van der Waals surface area contributed by atoms with Crippen molar-refractivity contribution in [1.82, 2.24) is 10.0 Å². The monoisotopic (exact) mass is 274 g/mol. The van der Waals surface area contributed by atoms with Gasteiger partial charge in [0.25, 0.3) is 0 Å². The molecule has 18 heavy (non-hydrogen) atoms. The fourth-order valence-electron chi connectivity index (χ4n) is 2.51. The summed E-state index contributed by atoms with van der Waals surface area (Å²) in [5.41, 5.74) is 0.384. The molecule has 0 atom stereocenters. The summed E-state index contributed by atoms with van der Waals surface area (Å²) in [5.74, 6) is 0.212. The Morgan fingerprint density at radius 3 is 2.22 bits per heavy atom. The van der Waals surface area contributed by atoms with Gasteiger partial charge >= 0.3 is 0 Å². The molecule has 0 amide bonds. The van der Waals surface area contributed by atoms with Gasteiger partial charge in [-0.25, -0.2) is 13.1 Å². The first-order chi connectivity index (χ1) is 8.36. The molecule has 5 heteroatoms. The SMILES string of the molecule is CC1(C)CCC(NS(=O)(=O)CCNC2CC2)CC1. The average Bonchev–Trinajstić information content (AvgIpc) is 3.05. The predicted octanol–water partition coefficient (Wildman–Crippen LogP) is 1.63. The molecule has 0 saturated heterocycles. The topological polar surface area (TPSA) is 58.2 Å². The molecule has 0 spiro atoms. The summed E-state index contributed by atoms with van der Waals surface area (Å²) < 4.78 is 26.7. The number of sulfonamides is 1. The molecule has 2 rings (SSSR count). The first kappa shape index (κ1) is 14.3. The van der Waals surface area contributed by atoms with E-state index >= 15 is 0 Å². The van der Waals surface area contributed by atoms with Crippen LogP contribution in [0.1, 0.15) is 52.4 Å². The second-order valence-electron chi connectivity index (χ2n) is 6.60. The first-order valence-electron chi connectivity index (χ1n) is 7.10. The maximum absolute atomic E-state index is 11.9. The fourth-order valence-corrected chi connectivity index (χ4v) is 3.76. The van der Waals surface area contributed by atoms with E-state index in [4.69, 9.17) is 0 Å². The largest absolute Gasteiger partial charge is 0.313 e. The summed E-state index contributed by atoms with van der Waals surface area (Å²) in [6, 6.07) is 0.736. The molecule has 0 heterocycles. The van der Waals surface area contributed by atoms with Crippen molar-refractivity contribution in [1.29, 1.82) is 0 Å². The van der Waals surface area contributed by atoms with Gasteiger partial charge in [-0.3, -0.25) is 0 Å². The molecule has 0 unspecified atom stereocenters. The van der Waals surface area contributed by atoms with Crippen molar-refractivity contribution in [2.75, 3.05) is 12.3 Å². The van der Waals surface area contributed by atoms with Gasteiger partial charge in [-0.05, 0) is 43.9 Å². The van der Waals surface area contributed by atoms with Crippen LogP contribution in [0.15, 0.2) is 0 Å². The van der Waals surface area contributed by atoms with Gasteiger partial charge in [-0.2, -0.15) is 0 Å². The molecule has 2 aliphatic rings. The minimum atomic E-state index is -3.10. The molecule has 2 fully saturated rings. The molecule has 0 aromatic rings. The number of hydrogen-bond donors (Lipinski definition) is 2. The predicted molar refractivity (Wildman–Crippen MR) is 74.0 cm³/mol. The van der Waals surface area contributed by atoms with Crippen molar-refractivity contribution in [2.24, 2.45) is 5.41 Å². The normalized spacial score (nSPS) is 25.2. The van der Waals surface area contributed by atoms with Gasteiger partial charge < -0.3 is 5.32 Å². The summed E-state index contributed by atoms with van der Waals surface area (Å²) in [6.07, 6.45) is 6.57. The Bertz CT molecular complexity index is 364. The van der Waals surface area contributed by atoms with Gasteiger partial charge in [0.15, 0.2) is 0 Å². The lowest BCUT2D eigenvalue weighted by atomic mass is 9.76. The zero-order valence-corrected chi connectivity index (χ0v) is 12.4. The highest BCUT2D eigenvalue weighted by atomic mass is 32.2. The Morgan fingerprint density at radius 2 is 1.67 bits per heavy atom. The molecule has 0 aromatic carbocycles. The van der Waals surface area contributed by atoms with Crippen molar-refractivity contribution in [2.45, 2.75) is 64.5 Å². The molecule has 2 saturated carbocycles. The van der Waals surface area contributed by atoms with Crippen LogP contribution in [0.2, 0.25) is 0 Å². The zero-order valence-electron chi connectivity index (χ0n) is 11.5. The van der Waals surface area contributed by atoms with Gasteiger partial charge in [-0.1, -0.05) is 13.8 Å². The molecule has 2 N–H and O–H groups in total. The van der Waals surface area contributed by atoms with Crippen LogP contribution in [-0.2, 0) is 10.0 Å². The van der Waals surface area contributed by atoms with Gasteiger partial charge in [0.1, 0.15) is 0 Å². The molecule has 2 aliphatic carbocycles. The fraction of sp³-hybridized carbons (Fsp3) is 1.00. The molecule has 0 aliphatic heterocycles. The van der Waals surface area contributed by atoms with Crippen LogP contribution in [0.4, 0.5) is 0 Å². The van der Waals surface area contributed by atoms with Gasteiger partial charge in [-0.15, -0.1) is 0 Å². The molecule has 0 bridgehead atoms. The van der Waals surface area contributed by atoms with Crippen LogP contribution in [0.3, 0.4) is 0 Å². The molecular formula is C13H26N2O2S. The highest BCUT2D eigenvalue weighted by Gasteiger charge is 2.29. The van der Waals surface area contributed by atoms with Crippen molar-refractivity contribution in [3.63, 3.8) is 0 Å². The third-order valence-corrected chi connectivity index (χ3v) is 5.50. The van der Waals surface area contributed by atoms with E-state index in [2.05, 4.69) is 23.9 Å². The Kier molecular flexibility index (Phi) is 4.34. The van der Waals surface area contributed by atoms with E-state index in [1.807, 2.05) is 0 Å². The minimum Gasteiger partial charge on any atom is -0.313 e. The number of rotatable bonds is 6. The average molecular weight is 274 g/mol. The van der Waals surface area contributed by atoms with E-state index in [9.17, 15) is 8.42 Å². The van der Waals surface area contributed by atoms with Gasteiger partial charge in [0.2, 0.25) is 10.0 Å². The van der Waals surface area contributed by atoms with Crippen molar-refractivity contribution in [3.8, 4) is 0 Å². The van der Waals surface area contributed by atoms with Crippen molar-refractivity contribution < 1.29 is 8.42 Å². The molecule has 106 valence electrons. The van der Waals surface area contributed by atoms with E-state index in [0.29, 0.717) is 18.0 Å². The first-order valence-corrected chi connectivity index (χ1v) is 8.75. The Labute approximate surface area is 111 Å². The second kappa shape index (κ2) is 5.47. The molecule has 0 radical (unpaired) electrons. The zero-order chi connectivity index (χ0) is 13.2. The Balaban J connectivity index is 1.70. The number of hydrogen-bond acceptors (Lipinski definition) is 3. The lowest BCUT2D eigenvalue weighted by Gasteiger charge is -2.34. The molecular weight excluding hydrogens is 248 g/mol. The summed E-state index contributed by atoms with van der Waals surface area (Å²) in [7, 11) is -3.10. The Morgan fingerprint density at radius 1 is 1.06 bits per heavy atom. The van der Waals surface area contributed by atoms with E-state index < -0.39 is 10.0 Å². The minimum absolute atomic E-state index is 0.156. The maximum atomic E-state index is 11.9. The summed E-state index contributed by atoms with van der Waals surface area (Å²) in [4.78, 5) is 0. The van der Waals surface area contributed by atoms with E-state index in [-0.39, 0.29) is 11.8 Å². The van der Waals surface area contributed by atoms with E-state index in [0.717, 1.165) is 25.7 Å². The summed E-state index contributed by atoms with van der Waals surface area (Å²) in [6.45, 7) is 5.10. The van der Waals surface area contributed by atoms with Crippen LogP contribution in [0, 0.1) is 5.41 Å². The van der Waals surface area contributed by atoms with Crippen molar-refractivity contribution >= 4 is 10.0 Å². The molecule has 0 aromatic heterocycles. The van der Waals surface area contributed by atoms with Gasteiger partial charge in [0, 0.05) is 18.6 Å². The smallest absolute Gasteiger partial charge is 0.213 e. The van der Waals surface area contributed by atoms with Crippen LogP contribution in [0.5, 0.6) is 0 Å². The highest BCUT2D eigenvalue weighted by Crippen LogP contribution is 2.35. The van der Waals surface area contributed by atoms with E-state index in [1.165, 1.54) is 12.8 Å². The Hall–Kier alpha value is -0.130. The maximum Gasteiger partial charge on any atom is 0.213 e. The highest BCUT2D eigenvalue weighted by molar-refractivity contribution is 7.89. The van der Waals surface area contributed by atoms with Crippen LogP contribution < -0.4 is 10.0 Å². The summed E-state index contributed by atoms with van der Waals surface area (Å²) in [5, 5.41) is 3.24. The van der Waals surface area contributed by atoms with Gasteiger partial charge in [0.05, 0.1) is 5.75 Å². The second-order valence-corrected chi connectivity index (χ2v) is 8.48. The third kappa shape index (κ3) is 4.86. The van der Waals surface area contributed by atoms with E-state index in [1.54, 1.807) is 0 Å². The van der Waals surface area contributed by atoms with Crippen LogP contribution in [0.25, 0.3) is 0 Å². The van der Waals surface area contributed by atoms with Crippen LogP contribution in [-0.4, -0.2) is 32.8 Å². The summed E-state index contributed by atoms with van der Waals surface area (Å²) >= 11 is 0. The number of nitrogens with one attached hydrogen (secondary N) is 2. The third-order valence-electron chi connectivity index (χ3n) is 4.07.